The smallest absolute Gasteiger partial charge is 0.238 e. The van der Waals surface area contributed by atoms with Crippen molar-refractivity contribution in [1.82, 2.24) is 21.2 Å². The zero-order valence-electron chi connectivity index (χ0n) is 12.5. The van der Waals surface area contributed by atoms with Crippen molar-refractivity contribution in [2.45, 2.75) is 31.8 Å². The Morgan fingerprint density at radius 1 is 1.45 bits per heavy atom. The number of thiophene rings is 1. The fourth-order valence-electron chi connectivity index (χ4n) is 2.61. The molecule has 6 heteroatoms. The third kappa shape index (κ3) is 3.52. The minimum Gasteiger partial charge on any atom is -0.354 e. The van der Waals surface area contributed by atoms with Crippen LogP contribution in [0, 0.1) is 6.92 Å². The first-order valence-electron chi connectivity index (χ1n) is 7.45. The van der Waals surface area contributed by atoms with E-state index in [2.05, 4.69) is 39.5 Å². The summed E-state index contributed by atoms with van der Waals surface area (Å²) in [7, 11) is 0. The first-order chi connectivity index (χ1) is 10.7. The third-order valence-corrected chi connectivity index (χ3v) is 5.01. The number of nitrogens with one attached hydrogen (secondary N) is 3. The summed E-state index contributed by atoms with van der Waals surface area (Å²) < 4.78 is 0. The van der Waals surface area contributed by atoms with Crippen LogP contribution >= 0.6 is 11.3 Å². The first-order valence-corrected chi connectivity index (χ1v) is 8.33. The molecule has 3 rings (SSSR count). The van der Waals surface area contributed by atoms with E-state index in [-0.39, 0.29) is 18.0 Å². The van der Waals surface area contributed by atoms with Crippen molar-refractivity contribution >= 4 is 17.2 Å². The molecule has 0 aliphatic carbocycles. The van der Waals surface area contributed by atoms with Crippen LogP contribution in [0.15, 0.2) is 36.0 Å². The zero-order valence-corrected chi connectivity index (χ0v) is 13.3. The fraction of sp³-hybridized carbons (Fsp3) is 0.375. The summed E-state index contributed by atoms with van der Waals surface area (Å²) >= 11 is 1.74. The molecular weight excluding hydrogens is 296 g/mol. The molecule has 22 heavy (non-hydrogen) atoms. The maximum Gasteiger partial charge on any atom is 0.238 e. The van der Waals surface area contributed by atoms with Gasteiger partial charge >= 0.3 is 0 Å². The Morgan fingerprint density at radius 3 is 3.09 bits per heavy atom. The van der Waals surface area contributed by atoms with Crippen LogP contribution < -0.4 is 16.2 Å². The van der Waals surface area contributed by atoms with Crippen LogP contribution in [0.2, 0.25) is 0 Å². The van der Waals surface area contributed by atoms with Gasteiger partial charge in [0.15, 0.2) is 0 Å². The van der Waals surface area contributed by atoms with E-state index in [1.807, 2.05) is 18.3 Å². The van der Waals surface area contributed by atoms with E-state index in [1.165, 1.54) is 10.4 Å². The van der Waals surface area contributed by atoms with E-state index in [4.69, 9.17) is 0 Å². The molecule has 0 aromatic carbocycles. The molecule has 0 bridgehead atoms. The molecule has 3 N–H and O–H groups in total. The van der Waals surface area contributed by atoms with Gasteiger partial charge < -0.3 is 5.32 Å². The molecule has 2 unspecified atom stereocenters. The van der Waals surface area contributed by atoms with Gasteiger partial charge in [-0.1, -0.05) is 6.07 Å². The van der Waals surface area contributed by atoms with Gasteiger partial charge in [0.1, 0.15) is 6.04 Å². The first kappa shape index (κ1) is 15.1. The van der Waals surface area contributed by atoms with Crippen molar-refractivity contribution in [1.29, 1.82) is 0 Å². The van der Waals surface area contributed by atoms with E-state index in [9.17, 15) is 4.79 Å². The normalized spacial score (nSPS) is 21.0. The predicted octanol–water partition coefficient (Wildman–Crippen LogP) is 1.72. The van der Waals surface area contributed by atoms with E-state index in [0.717, 1.165) is 18.4 Å². The van der Waals surface area contributed by atoms with Gasteiger partial charge in [0, 0.05) is 29.9 Å². The molecule has 3 heterocycles. The van der Waals surface area contributed by atoms with E-state index in [1.54, 1.807) is 17.5 Å². The molecule has 1 saturated heterocycles. The molecular formula is C16H20N4OS. The van der Waals surface area contributed by atoms with Crippen molar-refractivity contribution in [2.24, 2.45) is 0 Å². The van der Waals surface area contributed by atoms with Crippen molar-refractivity contribution in [3.63, 3.8) is 0 Å². The summed E-state index contributed by atoms with van der Waals surface area (Å²) in [6, 6.07) is 5.97. The molecule has 0 radical (unpaired) electrons. The summed E-state index contributed by atoms with van der Waals surface area (Å²) in [6.45, 7) is 2.78. The number of pyridine rings is 1. The number of carbonyl (C=O) groups excluding carboxylic acids is 1. The lowest BCUT2D eigenvalue weighted by Gasteiger charge is -2.10. The molecule has 0 spiro atoms. The lowest BCUT2D eigenvalue weighted by atomic mass is 10.0. The van der Waals surface area contributed by atoms with Gasteiger partial charge in [0.05, 0.1) is 0 Å². The molecule has 2 aromatic heterocycles. The Labute approximate surface area is 134 Å². The molecule has 1 aliphatic heterocycles. The number of hydrazine groups is 1. The average molecular weight is 316 g/mol. The van der Waals surface area contributed by atoms with Gasteiger partial charge in [-0.05, 0) is 48.4 Å². The van der Waals surface area contributed by atoms with Gasteiger partial charge in [0.25, 0.3) is 0 Å². The number of hydrogen-bond acceptors (Lipinski definition) is 5. The van der Waals surface area contributed by atoms with E-state index in [0.29, 0.717) is 6.54 Å². The third-order valence-electron chi connectivity index (χ3n) is 3.93. The second kappa shape index (κ2) is 7.00. The summed E-state index contributed by atoms with van der Waals surface area (Å²) in [5, 5.41) is 5.10. The lowest BCUT2D eigenvalue weighted by Crippen LogP contribution is -2.43. The second-order valence-corrected chi connectivity index (χ2v) is 6.48. The number of rotatable bonds is 5. The van der Waals surface area contributed by atoms with Crippen molar-refractivity contribution in [2.75, 3.05) is 6.54 Å². The average Bonchev–Trinajstić information content (AvgIpc) is 3.18. The van der Waals surface area contributed by atoms with Crippen molar-refractivity contribution in [3.05, 3.63) is 52.0 Å². The highest BCUT2D eigenvalue weighted by molar-refractivity contribution is 7.10. The summed E-state index contributed by atoms with van der Waals surface area (Å²) in [5.74, 6) is 0.0492. The molecule has 2 aromatic rings. The molecule has 1 aliphatic rings. The minimum absolute atomic E-state index is 0.0492. The molecule has 1 fully saturated rings. The van der Waals surface area contributed by atoms with Crippen molar-refractivity contribution in [3.8, 4) is 0 Å². The Kier molecular flexibility index (Phi) is 4.82. The zero-order chi connectivity index (χ0) is 15.4. The van der Waals surface area contributed by atoms with Crippen LogP contribution in [0.4, 0.5) is 0 Å². The number of carbonyl (C=O) groups is 1. The Hall–Kier alpha value is -1.76. The van der Waals surface area contributed by atoms with Gasteiger partial charge in [-0.25, -0.2) is 10.9 Å². The number of amides is 1. The minimum atomic E-state index is -0.199. The Balaban J connectivity index is 1.46. The SMILES string of the molecule is Cc1ccsc1CCNC(=O)C1CC(c2cccnc2)NN1. The summed E-state index contributed by atoms with van der Waals surface area (Å²) in [5.41, 5.74) is 8.64. The Bertz CT molecular complexity index is 628. The van der Waals surface area contributed by atoms with Crippen LogP contribution in [0.1, 0.15) is 28.5 Å². The number of aromatic nitrogens is 1. The van der Waals surface area contributed by atoms with Crippen LogP contribution in [0.25, 0.3) is 0 Å². The van der Waals surface area contributed by atoms with Crippen LogP contribution in [-0.2, 0) is 11.2 Å². The van der Waals surface area contributed by atoms with Crippen LogP contribution in [0.3, 0.4) is 0 Å². The second-order valence-electron chi connectivity index (χ2n) is 5.48. The summed E-state index contributed by atoms with van der Waals surface area (Å²) in [4.78, 5) is 17.7. The molecule has 0 saturated carbocycles. The quantitative estimate of drug-likeness (QED) is 0.786. The topological polar surface area (TPSA) is 66.0 Å². The highest BCUT2D eigenvalue weighted by Gasteiger charge is 2.29. The monoisotopic (exact) mass is 316 g/mol. The van der Waals surface area contributed by atoms with E-state index < -0.39 is 0 Å². The number of aryl methyl sites for hydroxylation is 1. The summed E-state index contributed by atoms with van der Waals surface area (Å²) in [6.07, 6.45) is 5.21. The molecule has 116 valence electrons. The Morgan fingerprint density at radius 2 is 2.36 bits per heavy atom. The van der Waals surface area contributed by atoms with Gasteiger partial charge in [-0.2, -0.15) is 0 Å². The lowest BCUT2D eigenvalue weighted by molar-refractivity contribution is -0.122. The van der Waals surface area contributed by atoms with Gasteiger partial charge in [0.2, 0.25) is 5.91 Å². The molecule has 1 amide bonds. The van der Waals surface area contributed by atoms with E-state index >= 15 is 0 Å². The highest BCUT2D eigenvalue weighted by Crippen LogP contribution is 2.21. The maximum absolute atomic E-state index is 12.2. The number of nitrogens with zero attached hydrogens (tertiary/aromatic N) is 1. The highest BCUT2D eigenvalue weighted by atomic mass is 32.1. The molecule has 2 atom stereocenters. The van der Waals surface area contributed by atoms with Crippen LogP contribution in [-0.4, -0.2) is 23.5 Å². The predicted molar refractivity (Wildman–Crippen MR) is 87.4 cm³/mol. The van der Waals surface area contributed by atoms with Gasteiger partial charge in [-0.3, -0.25) is 9.78 Å². The largest absolute Gasteiger partial charge is 0.354 e. The molecule has 5 nitrogen and oxygen atoms in total. The van der Waals surface area contributed by atoms with Crippen LogP contribution in [0.5, 0.6) is 0 Å². The standard InChI is InChI=1S/C16H20N4OS/c1-11-5-8-22-15(11)4-7-18-16(21)14-9-13(19-20-14)12-3-2-6-17-10-12/h2-3,5-6,8,10,13-14,19-20H,4,7,9H2,1H3,(H,18,21). The van der Waals surface area contributed by atoms with Gasteiger partial charge in [-0.15, -0.1) is 11.3 Å². The van der Waals surface area contributed by atoms with Crippen molar-refractivity contribution < 1.29 is 4.79 Å². The number of hydrogen-bond donors (Lipinski definition) is 3. The fourth-order valence-corrected chi connectivity index (χ4v) is 3.52. The maximum atomic E-state index is 12.2.